The third kappa shape index (κ3) is 3.55. The van der Waals surface area contributed by atoms with Crippen LogP contribution in [-0.4, -0.2) is 53.5 Å². The average Bonchev–Trinajstić information content (AvgIpc) is 2.91. The molecule has 3 rings (SSSR count). The molecule has 0 saturated carbocycles. The average molecular weight is 316 g/mol. The number of hydrogen-bond donors (Lipinski definition) is 0. The molecule has 2 saturated heterocycles. The first kappa shape index (κ1) is 16.0. The lowest BCUT2D eigenvalue weighted by Crippen LogP contribution is -2.52. The van der Waals surface area contributed by atoms with Crippen LogP contribution in [0.25, 0.3) is 0 Å². The number of hydrogen-bond acceptors (Lipinski definition) is 3. The number of carbonyl (C=O) groups is 2. The molecule has 3 unspecified atom stereocenters. The van der Waals surface area contributed by atoms with Gasteiger partial charge in [-0.25, -0.2) is 0 Å². The first-order valence-electron chi connectivity index (χ1n) is 8.28. The number of ether oxygens (including phenoxy) is 1. The molecule has 2 amide bonds. The maximum absolute atomic E-state index is 12.8. The van der Waals surface area contributed by atoms with Crippen molar-refractivity contribution in [1.82, 2.24) is 9.80 Å². The predicted octanol–water partition coefficient (Wildman–Crippen LogP) is 1.67. The Labute approximate surface area is 137 Å². The van der Waals surface area contributed by atoms with Gasteiger partial charge >= 0.3 is 0 Å². The summed E-state index contributed by atoms with van der Waals surface area (Å²) in [6.45, 7) is 6.27. The van der Waals surface area contributed by atoms with E-state index in [2.05, 4.69) is 0 Å². The summed E-state index contributed by atoms with van der Waals surface area (Å²) in [5.41, 5.74) is 1.10. The van der Waals surface area contributed by atoms with Gasteiger partial charge in [-0.15, -0.1) is 0 Å². The van der Waals surface area contributed by atoms with Gasteiger partial charge in [0.2, 0.25) is 11.8 Å². The Morgan fingerprint density at radius 3 is 2.70 bits per heavy atom. The van der Waals surface area contributed by atoms with Gasteiger partial charge in [-0.3, -0.25) is 9.59 Å². The highest BCUT2D eigenvalue weighted by Crippen LogP contribution is 2.24. The minimum absolute atomic E-state index is 0.0627. The van der Waals surface area contributed by atoms with Gasteiger partial charge in [-0.2, -0.15) is 0 Å². The first-order chi connectivity index (χ1) is 11.0. The van der Waals surface area contributed by atoms with Gasteiger partial charge in [0.25, 0.3) is 0 Å². The van der Waals surface area contributed by atoms with E-state index in [1.54, 1.807) is 4.90 Å². The summed E-state index contributed by atoms with van der Waals surface area (Å²) in [6, 6.07) is 9.99. The lowest BCUT2D eigenvalue weighted by molar-refractivity contribution is -0.147. The molecule has 23 heavy (non-hydrogen) atoms. The van der Waals surface area contributed by atoms with Crippen LogP contribution < -0.4 is 0 Å². The Balaban J connectivity index is 1.63. The monoisotopic (exact) mass is 316 g/mol. The summed E-state index contributed by atoms with van der Waals surface area (Å²) in [7, 11) is 0. The molecule has 0 N–H and O–H groups in total. The minimum atomic E-state index is -0.223. The van der Waals surface area contributed by atoms with Crippen molar-refractivity contribution in [1.29, 1.82) is 0 Å². The van der Waals surface area contributed by atoms with Crippen LogP contribution in [0.3, 0.4) is 0 Å². The summed E-state index contributed by atoms with van der Waals surface area (Å²) in [5.74, 6) is -0.0586. The maximum Gasteiger partial charge on any atom is 0.228 e. The third-order valence-electron chi connectivity index (χ3n) is 4.67. The van der Waals surface area contributed by atoms with Gasteiger partial charge in [0.1, 0.15) is 0 Å². The fraction of sp³-hybridized carbons (Fsp3) is 0.556. The van der Waals surface area contributed by atoms with E-state index in [-0.39, 0.29) is 29.9 Å². The van der Waals surface area contributed by atoms with E-state index in [4.69, 9.17) is 4.74 Å². The zero-order valence-electron chi connectivity index (χ0n) is 13.8. The Morgan fingerprint density at radius 1 is 1.22 bits per heavy atom. The van der Waals surface area contributed by atoms with Crippen molar-refractivity contribution in [3.63, 3.8) is 0 Å². The van der Waals surface area contributed by atoms with Crippen molar-refractivity contribution in [2.75, 3.05) is 19.7 Å². The lowest BCUT2D eigenvalue weighted by Gasteiger charge is -2.38. The quantitative estimate of drug-likeness (QED) is 0.852. The van der Waals surface area contributed by atoms with E-state index >= 15 is 0 Å². The lowest BCUT2D eigenvalue weighted by atomic mass is 10.0. The van der Waals surface area contributed by atoms with Crippen LogP contribution in [0.4, 0.5) is 0 Å². The Hall–Kier alpha value is -1.88. The van der Waals surface area contributed by atoms with Gasteiger partial charge in [0.15, 0.2) is 0 Å². The van der Waals surface area contributed by atoms with E-state index in [0.29, 0.717) is 32.7 Å². The van der Waals surface area contributed by atoms with Crippen molar-refractivity contribution in [2.24, 2.45) is 5.92 Å². The molecule has 5 nitrogen and oxygen atoms in total. The standard InChI is InChI=1S/C18H24N2O3/c1-13-12-23-14(2)9-20(13)18(22)16-8-17(21)19(11-16)10-15-6-4-3-5-7-15/h3-7,13-14,16H,8-12H2,1-2H3. The van der Waals surface area contributed by atoms with Crippen LogP contribution in [0.1, 0.15) is 25.8 Å². The molecule has 2 aliphatic rings. The highest BCUT2D eigenvalue weighted by atomic mass is 16.5. The fourth-order valence-corrected chi connectivity index (χ4v) is 3.34. The Kier molecular flexibility index (Phi) is 4.66. The number of likely N-dealkylation sites (tertiary alicyclic amines) is 1. The molecule has 2 heterocycles. The van der Waals surface area contributed by atoms with E-state index in [1.807, 2.05) is 49.1 Å². The van der Waals surface area contributed by atoms with Crippen molar-refractivity contribution < 1.29 is 14.3 Å². The molecular weight excluding hydrogens is 292 g/mol. The number of nitrogens with zero attached hydrogens (tertiary/aromatic N) is 2. The number of rotatable bonds is 3. The van der Waals surface area contributed by atoms with Crippen LogP contribution in [0.15, 0.2) is 30.3 Å². The molecule has 0 aliphatic carbocycles. The van der Waals surface area contributed by atoms with E-state index < -0.39 is 0 Å². The molecule has 0 radical (unpaired) electrons. The van der Waals surface area contributed by atoms with Crippen molar-refractivity contribution in [3.05, 3.63) is 35.9 Å². The van der Waals surface area contributed by atoms with Crippen molar-refractivity contribution in [2.45, 2.75) is 39.0 Å². The van der Waals surface area contributed by atoms with Crippen molar-refractivity contribution >= 4 is 11.8 Å². The third-order valence-corrected chi connectivity index (χ3v) is 4.67. The fourth-order valence-electron chi connectivity index (χ4n) is 3.34. The zero-order chi connectivity index (χ0) is 16.4. The van der Waals surface area contributed by atoms with Gasteiger partial charge in [-0.05, 0) is 19.4 Å². The van der Waals surface area contributed by atoms with Crippen LogP contribution in [0.5, 0.6) is 0 Å². The molecule has 124 valence electrons. The van der Waals surface area contributed by atoms with Crippen LogP contribution in [0.2, 0.25) is 0 Å². The molecular formula is C18H24N2O3. The molecule has 2 fully saturated rings. The second-order valence-corrected chi connectivity index (χ2v) is 6.64. The van der Waals surface area contributed by atoms with E-state index in [0.717, 1.165) is 5.56 Å². The van der Waals surface area contributed by atoms with Gasteiger partial charge in [0, 0.05) is 26.1 Å². The van der Waals surface area contributed by atoms with Gasteiger partial charge < -0.3 is 14.5 Å². The Bertz CT molecular complexity index is 575. The van der Waals surface area contributed by atoms with Crippen molar-refractivity contribution in [3.8, 4) is 0 Å². The molecule has 2 aliphatic heterocycles. The normalized spacial score (nSPS) is 28.3. The van der Waals surface area contributed by atoms with Gasteiger partial charge in [0.05, 0.1) is 24.7 Å². The zero-order valence-corrected chi connectivity index (χ0v) is 13.8. The minimum Gasteiger partial charge on any atom is -0.375 e. The van der Waals surface area contributed by atoms with Crippen LogP contribution >= 0.6 is 0 Å². The second kappa shape index (κ2) is 6.71. The topological polar surface area (TPSA) is 49.9 Å². The molecule has 1 aromatic carbocycles. The first-order valence-corrected chi connectivity index (χ1v) is 8.28. The summed E-state index contributed by atoms with van der Waals surface area (Å²) in [6.07, 6.45) is 0.386. The number of carbonyl (C=O) groups excluding carboxylic acids is 2. The summed E-state index contributed by atoms with van der Waals surface area (Å²) in [4.78, 5) is 28.7. The Morgan fingerprint density at radius 2 is 1.96 bits per heavy atom. The van der Waals surface area contributed by atoms with Gasteiger partial charge in [-0.1, -0.05) is 30.3 Å². The smallest absolute Gasteiger partial charge is 0.228 e. The molecule has 0 bridgehead atoms. The predicted molar refractivity (Wildman–Crippen MR) is 86.6 cm³/mol. The number of morpholine rings is 1. The summed E-state index contributed by atoms with van der Waals surface area (Å²) in [5, 5.41) is 0. The summed E-state index contributed by atoms with van der Waals surface area (Å²) >= 11 is 0. The molecule has 0 aromatic heterocycles. The number of amides is 2. The van der Waals surface area contributed by atoms with Crippen LogP contribution in [-0.2, 0) is 20.9 Å². The van der Waals surface area contributed by atoms with E-state index in [9.17, 15) is 9.59 Å². The second-order valence-electron chi connectivity index (χ2n) is 6.64. The number of benzene rings is 1. The summed E-state index contributed by atoms with van der Waals surface area (Å²) < 4.78 is 5.58. The molecule has 0 spiro atoms. The molecule has 1 aromatic rings. The molecule has 3 atom stereocenters. The SMILES string of the molecule is CC1CN(C(=O)C2CC(=O)N(Cc3ccccc3)C2)C(C)CO1. The largest absolute Gasteiger partial charge is 0.375 e. The van der Waals surface area contributed by atoms with E-state index in [1.165, 1.54) is 0 Å². The molecule has 5 heteroatoms. The highest BCUT2D eigenvalue weighted by Gasteiger charge is 2.39. The maximum atomic E-state index is 12.8. The highest BCUT2D eigenvalue weighted by molar-refractivity contribution is 5.89. The van der Waals surface area contributed by atoms with Crippen LogP contribution in [0, 0.1) is 5.92 Å².